The SMILES string of the molecule is COc1ccc(S(=O)(=O)N(C)C2CCc3c(C=CC(=O)O)c4ccccc4n3C2)cc1. The smallest absolute Gasteiger partial charge is 0.328 e. The Kier molecular flexibility index (Phi) is 5.60. The molecule has 0 fully saturated rings. The van der Waals surface area contributed by atoms with Crippen molar-refractivity contribution in [3.63, 3.8) is 0 Å². The zero-order chi connectivity index (χ0) is 22.2. The van der Waals surface area contributed by atoms with Crippen LogP contribution in [0.4, 0.5) is 0 Å². The first-order valence-corrected chi connectivity index (χ1v) is 11.4. The molecule has 162 valence electrons. The monoisotopic (exact) mass is 440 g/mol. The predicted molar refractivity (Wildman–Crippen MR) is 119 cm³/mol. The molecule has 3 aromatic rings. The van der Waals surface area contributed by atoms with Crippen molar-refractivity contribution in [2.45, 2.75) is 30.3 Å². The van der Waals surface area contributed by atoms with Crippen LogP contribution in [0.15, 0.2) is 59.5 Å². The van der Waals surface area contributed by atoms with Gasteiger partial charge in [0, 0.05) is 47.9 Å². The highest BCUT2D eigenvalue weighted by Gasteiger charge is 2.32. The minimum absolute atomic E-state index is 0.216. The Balaban J connectivity index is 1.68. The molecule has 2 aromatic carbocycles. The van der Waals surface area contributed by atoms with Crippen LogP contribution >= 0.6 is 0 Å². The number of hydrogen-bond acceptors (Lipinski definition) is 4. The lowest BCUT2D eigenvalue weighted by molar-refractivity contribution is -0.131. The van der Waals surface area contributed by atoms with Gasteiger partial charge in [0.2, 0.25) is 10.0 Å². The maximum Gasteiger partial charge on any atom is 0.328 e. The topological polar surface area (TPSA) is 88.8 Å². The van der Waals surface area contributed by atoms with Gasteiger partial charge >= 0.3 is 5.97 Å². The summed E-state index contributed by atoms with van der Waals surface area (Å²) in [6.45, 7) is 0.503. The van der Waals surface area contributed by atoms with E-state index in [1.54, 1.807) is 37.4 Å². The molecular formula is C23H24N2O5S. The molecule has 4 rings (SSSR count). The van der Waals surface area contributed by atoms with Crippen molar-refractivity contribution in [1.29, 1.82) is 0 Å². The second kappa shape index (κ2) is 8.20. The van der Waals surface area contributed by atoms with Crippen LogP contribution in [0.5, 0.6) is 5.75 Å². The van der Waals surface area contributed by atoms with Crippen molar-refractivity contribution in [2.24, 2.45) is 0 Å². The fourth-order valence-electron chi connectivity index (χ4n) is 4.21. The fraction of sp³-hybridized carbons (Fsp3) is 0.261. The van der Waals surface area contributed by atoms with Gasteiger partial charge < -0.3 is 14.4 Å². The number of hydrogen-bond donors (Lipinski definition) is 1. The van der Waals surface area contributed by atoms with Gasteiger partial charge in [-0.05, 0) is 49.2 Å². The van der Waals surface area contributed by atoms with Crippen LogP contribution in [-0.2, 0) is 27.8 Å². The molecule has 1 atom stereocenters. The van der Waals surface area contributed by atoms with E-state index in [2.05, 4.69) is 4.57 Å². The number of carbonyl (C=O) groups is 1. The second-order valence-corrected chi connectivity index (χ2v) is 9.55. The number of nitrogens with zero attached hydrogens (tertiary/aromatic N) is 2. The van der Waals surface area contributed by atoms with Gasteiger partial charge in [0.05, 0.1) is 12.0 Å². The van der Waals surface area contributed by atoms with E-state index in [0.717, 1.165) is 28.2 Å². The molecule has 1 aliphatic heterocycles. The Morgan fingerprint density at radius 2 is 1.90 bits per heavy atom. The standard InChI is InChI=1S/C23H24N2O5S/c1-24(31(28,29)18-10-8-17(30-2)9-11-18)16-7-13-22-20(12-14-23(26)27)19-5-3-4-6-21(19)25(22)15-16/h3-6,8-12,14,16H,7,13,15H2,1-2H3,(H,26,27). The van der Waals surface area contributed by atoms with Gasteiger partial charge in [-0.25, -0.2) is 13.2 Å². The van der Waals surface area contributed by atoms with Crippen LogP contribution in [-0.4, -0.2) is 48.6 Å². The number of rotatable bonds is 6. The van der Waals surface area contributed by atoms with Crippen molar-refractivity contribution in [2.75, 3.05) is 14.2 Å². The number of benzene rings is 2. The highest BCUT2D eigenvalue weighted by molar-refractivity contribution is 7.89. The molecule has 0 bridgehead atoms. The molecule has 0 aliphatic carbocycles. The Morgan fingerprint density at radius 1 is 1.19 bits per heavy atom. The molecule has 8 heteroatoms. The first kappa shape index (κ1) is 21.1. The van der Waals surface area contributed by atoms with Crippen LogP contribution in [0.25, 0.3) is 17.0 Å². The van der Waals surface area contributed by atoms with Crippen LogP contribution in [0.2, 0.25) is 0 Å². The highest BCUT2D eigenvalue weighted by atomic mass is 32.2. The average Bonchev–Trinajstić information content (AvgIpc) is 3.10. The Morgan fingerprint density at radius 3 is 2.58 bits per heavy atom. The number of carboxylic acid groups (broad SMARTS) is 1. The van der Waals surface area contributed by atoms with Crippen molar-refractivity contribution in [1.82, 2.24) is 8.87 Å². The number of aromatic nitrogens is 1. The third-order valence-corrected chi connectivity index (χ3v) is 7.80. The minimum Gasteiger partial charge on any atom is -0.497 e. The Labute approximate surface area is 181 Å². The zero-order valence-electron chi connectivity index (χ0n) is 17.4. The van der Waals surface area contributed by atoms with Crippen LogP contribution in [0.1, 0.15) is 17.7 Å². The summed E-state index contributed by atoms with van der Waals surface area (Å²) >= 11 is 0. The van der Waals surface area contributed by atoms with E-state index in [4.69, 9.17) is 9.84 Å². The maximum atomic E-state index is 13.2. The summed E-state index contributed by atoms with van der Waals surface area (Å²) in [5.41, 5.74) is 2.89. The largest absolute Gasteiger partial charge is 0.497 e. The Hall–Kier alpha value is -3.10. The number of para-hydroxylation sites is 1. The van der Waals surface area contributed by atoms with E-state index in [-0.39, 0.29) is 10.9 Å². The number of sulfonamides is 1. The molecule has 1 aromatic heterocycles. The molecule has 1 unspecified atom stereocenters. The summed E-state index contributed by atoms with van der Waals surface area (Å²) in [6, 6.07) is 14.0. The number of likely N-dealkylation sites (N-methyl/N-ethyl adjacent to an activating group) is 1. The highest BCUT2D eigenvalue weighted by Crippen LogP contribution is 2.34. The van der Waals surface area contributed by atoms with Crippen molar-refractivity contribution in [3.8, 4) is 5.75 Å². The number of methoxy groups -OCH3 is 1. The van der Waals surface area contributed by atoms with Crippen LogP contribution in [0, 0.1) is 0 Å². The molecule has 31 heavy (non-hydrogen) atoms. The lowest BCUT2D eigenvalue weighted by Gasteiger charge is -2.32. The third kappa shape index (κ3) is 3.84. The molecule has 0 saturated heterocycles. The van der Waals surface area contributed by atoms with E-state index in [0.29, 0.717) is 25.1 Å². The van der Waals surface area contributed by atoms with E-state index in [9.17, 15) is 13.2 Å². The molecule has 0 spiro atoms. The third-order valence-electron chi connectivity index (χ3n) is 5.87. The van der Waals surface area contributed by atoms with Crippen molar-refractivity contribution in [3.05, 3.63) is 65.9 Å². The van der Waals surface area contributed by atoms with Gasteiger partial charge in [-0.15, -0.1) is 0 Å². The van der Waals surface area contributed by atoms with Gasteiger partial charge in [0.25, 0.3) is 0 Å². The van der Waals surface area contributed by atoms with Crippen LogP contribution < -0.4 is 4.74 Å². The van der Waals surface area contributed by atoms with Gasteiger partial charge in [0.1, 0.15) is 5.75 Å². The molecule has 7 nitrogen and oxygen atoms in total. The summed E-state index contributed by atoms with van der Waals surface area (Å²) in [7, 11) is -0.506. The first-order valence-electron chi connectivity index (χ1n) is 9.96. The molecule has 0 radical (unpaired) electrons. The normalized spacial score (nSPS) is 16.7. The number of fused-ring (bicyclic) bond motifs is 3. The number of carboxylic acids is 1. The second-order valence-electron chi connectivity index (χ2n) is 7.55. The van der Waals surface area contributed by atoms with E-state index < -0.39 is 16.0 Å². The van der Waals surface area contributed by atoms with E-state index >= 15 is 0 Å². The van der Waals surface area contributed by atoms with Gasteiger partial charge in [-0.1, -0.05) is 18.2 Å². The van der Waals surface area contributed by atoms with E-state index in [1.165, 1.54) is 11.4 Å². The zero-order valence-corrected chi connectivity index (χ0v) is 18.2. The summed E-state index contributed by atoms with van der Waals surface area (Å²) in [5, 5.41) is 10.0. The molecule has 1 aliphatic rings. The Bertz CT molecular complexity index is 1260. The van der Waals surface area contributed by atoms with Crippen LogP contribution in [0.3, 0.4) is 0 Å². The predicted octanol–water partition coefficient (Wildman–Crippen LogP) is 3.38. The number of ether oxygens (including phenoxy) is 1. The summed E-state index contributed by atoms with van der Waals surface area (Å²) in [6.07, 6.45) is 4.08. The molecular weight excluding hydrogens is 416 g/mol. The molecule has 0 amide bonds. The average molecular weight is 441 g/mol. The van der Waals surface area contributed by atoms with E-state index in [1.807, 2.05) is 24.3 Å². The van der Waals surface area contributed by atoms with Crippen molar-refractivity contribution < 1.29 is 23.1 Å². The van der Waals surface area contributed by atoms with Gasteiger partial charge in [0.15, 0.2) is 0 Å². The first-order chi connectivity index (χ1) is 14.8. The maximum absolute atomic E-state index is 13.2. The molecule has 0 saturated carbocycles. The lowest BCUT2D eigenvalue weighted by Crippen LogP contribution is -2.42. The summed E-state index contributed by atoms with van der Waals surface area (Å²) in [4.78, 5) is 11.3. The molecule has 1 N–H and O–H groups in total. The summed E-state index contributed by atoms with van der Waals surface area (Å²) < 4.78 is 35.1. The quantitative estimate of drug-likeness (QED) is 0.594. The minimum atomic E-state index is -3.66. The number of aliphatic carboxylic acids is 1. The van der Waals surface area contributed by atoms with Gasteiger partial charge in [-0.3, -0.25) is 0 Å². The fourth-order valence-corrected chi connectivity index (χ4v) is 5.59. The molecule has 2 heterocycles. The lowest BCUT2D eigenvalue weighted by atomic mass is 10.0. The van der Waals surface area contributed by atoms with Gasteiger partial charge in [-0.2, -0.15) is 4.31 Å². The summed E-state index contributed by atoms with van der Waals surface area (Å²) in [5.74, 6) is -0.396. The van der Waals surface area contributed by atoms with Crippen molar-refractivity contribution >= 4 is 33.0 Å².